The van der Waals surface area contributed by atoms with Gasteiger partial charge in [-0.2, -0.15) is 0 Å². The molecule has 2 aliphatic heterocycles. The van der Waals surface area contributed by atoms with Crippen molar-refractivity contribution in [3.8, 4) is 0 Å². The van der Waals surface area contributed by atoms with Crippen LogP contribution in [0.25, 0.3) is 6.08 Å². The van der Waals surface area contributed by atoms with Crippen molar-refractivity contribution in [2.45, 2.75) is 18.8 Å². The van der Waals surface area contributed by atoms with Crippen LogP contribution in [0, 0.1) is 11.8 Å². The number of nitrogens with one attached hydrogen (secondary N) is 2. The van der Waals surface area contributed by atoms with Gasteiger partial charge in [0.25, 0.3) is 0 Å². The molecule has 4 N–H and O–H groups in total. The quantitative estimate of drug-likeness (QED) is 0.227. The van der Waals surface area contributed by atoms with Gasteiger partial charge in [-0.1, -0.05) is 78.9 Å². The molecule has 9 heteroatoms. The fraction of sp³-hybridized carbons (Fsp3) is 0.259. The second-order valence-electron chi connectivity index (χ2n) is 8.52. The zero-order valence-electron chi connectivity index (χ0n) is 19.7. The Bertz CT molecular complexity index is 1170. The normalized spacial score (nSPS) is 23.7. The first-order chi connectivity index (χ1) is 17.5. The Morgan fingerprint density at radius 2 is 1.67 bits per heavy atom. The summed E-state index contributed by atoms with van der Waals surface area (Å²) >= 11 is 0. The van der Waals surface area contributed by atoms with E-state index in [1.54, 1.807) is 6.08 Å². The number of urea groups is 1. The zero-order valence-corrected chi connectivity index (χ0v) is 19.7. The van der Waals surface area contributed by atoms with Crippen LogP contribution in [-0.4, -0.2) is 54.0 Å². The lowest BCUT2D eigenvalue weighted by Crippen LogP contribution is -2.46. The van der Waals surface area contributed by atoms with Gasteiger partial charge in [0, 0.05) is 13.1 Å². The Labute approximate surface area is 209 Å². The number of carbonyl (C=O) groups is 3. The van der Waals surface area contributed by atoms with E-state index in [-0.39, 0.29) is 30.9 Å². The highest BCUT2D eigenvalue weighted by Crippen LogP contribution is 2.41. The van der Waals surface area contributed by atoms with E-state index in [9.17, 15) is 14.4 Å². The highest BCUT2D eigenvalue weighted by molar-refractivity contribution is 6.06. The number of benzene rings is 2. The molecule has 0 bridgehead atoms. The molecule has 2 saturated heterocycles. The second-order valence-corrected chi connectivity index (χ2v) is 8.52. The van der Waals surface area contributed by atoms with Crippen LogP contribution >= 0.6 is 0 Å². The molecule has 0 aromatic heterocycles. The molecule has 36 heavy (non-hydrogen) atoms. The Morgan fingerprint density at radius 3 is 2.33 bits per heavy atom. The molecule has 4 rings (SSSR count). The summed E-state index contributed by atoms with van der Waals surface area (Å²) < 4.78 is 5.95. The summed E-state index contributed by atoms with van der Waals surface area (Å²) in [6, 6.07) is 18.6. The molecular formula is C27H29N5O4. The molecule has 0 aliphatic carbocycles. The van der Waals surface area contributed by atoms with Crippen LogP contribution in [0.15, 0.2) is 84.4 Å². The maximum absolute atomic E-state index is 13.1. The van der Waals surface area contributed by atoms with Crippen molar-refractivity contribution in [3.05, 3.63) is 90.5 Å². The topological polar surface area (TPSA) is 126 Å². The van der Waals surface area contributed by atoms with Gasteiger partial charge in [-0.25, -0.2) is 9.79 Å². The number of imide groups is 1. The molecule has 186 valence electrons. The molecule has 4 unspecified atom stereocenters. The number of amides is 4. The van der Waals surface area contributed by atoms with Gasteiger partial charge in [0.15, 0.2) is 5.96 Å². The highest BCUT2D eigenvalue weighted by atomic mass is 16.5. The summed E-state index contributed by atoms with van der Waals surface area (Å²) in [6.07, 6.45) is 4.15. The minimum Gasteiger partial charge on any atom is -0.370 e. The molecule has 0 spiro atoms. The predicted molar refractivity (Wildman–Crippen MR) is 136 cm³/mol. The van der Waals surface area contributed by atoms with E-state index in [4.69, 9.17) is 10.5 Å². The lowest BCUT2D eigenvalue weighted by molar-refractivity contribution is -0.142. The van der Waals surface area contributed by atoms with Crippen LogP contribution in [0.3, 0.4) is 0 Å². The van der Waals surface area contributed by atoms with Gasteiger partial charge < -0.3 is 15.8 Å². The van der Waals surface area contributed by atoms with Crippen LogP contribution < -0.4 is 16.4 Å². The van der Waals surface area contributed by atoms with Crippen molar-refractivity contribution in [2.24, 2.45) is 22.6 Å². The number of rotatable bonds is 8. The fourth-order valence-electron chi connectivity index (χ4n) is 4.42. The van der Waals surface area contributed by atoms with Gasteiger partial charge in [0.1, 0.15) is 0 Å². The number of carbonyl (C=O) groups excluding carboxylic acids is 3. The van der Waals surface area contributed by atoms with Crippen molar-refractivity contribution >= 4 is 29.9 Å². The van der Waals surface area contributed by atoms with E-state index >= 15 is 0 Å². The zero-order chi connectivity index (χ0) is 25.5. The van der Waals surface area contributed by atoms with Crippen LogP contribution in [0.1, 0.15) is 11.1 Å². The number of guanidine groups is 1. The number of ether oxygens (including phenoxy) is 1. The average Bonchev–Trinajstić information content (AvgIpc) is 3.38. The first-order valence-electron chi connectivity index (χ1n) is 11.7. The SMILES string of the molecule is C=CC1OC(/C=C/c2ccccc2)C2C(=O)N(CCNC(=O)NC(N)=NCc3ccccc3)C(=O)C12. The molecule has 9 nitrogen and oxygen atoms in total. The molecule has 2 aliphatic rings. The molecule has 2 fully saturated rings. The monoisotopic (exact) mass is 487 g/mol. The molecule has 4 atom stereocenters. The standard InChI is InChI=1S/C27H29N5O4/c1-2-20-22-23(21(36-20)14-13-18-9-5-3-6-10-18)25(34)32(24(22)33)16-15-29-27(35)31-26(28)30-17-19-11-7-4-8-12-19/h2-14,20-23H,1,15-17H2,(H4,28,29,30,31,35)/b14-13+. The van der Waals surface area contributed by atoms with Crippen molar-refractivity contribution in [3.63, 3.8) is 0 Å². The van der Waals surface area contributed by atoms with E-state index in [0.29, 0.717) is 6.54 Å². The third-order valence-electron chi connectivity index (χ3n) is 6.16. The Kier molecular flexibility index (Phi) is 7.92. The summed E-state index contributed by atoms with van der Waals surface area (Å²) in [7, 11) is 0. The number of fused-ring (bicyclic) bond motifs is 1. The first-order valence-corrected chi connectivity index (χ1v) is 11.7. The Morgan fingerprint density at radius 1 is 1.03 bits per heavy atom. The Balaban J connectivity index is 1.31. The number of hydrogen-bond acceptors (Lipinski definition) is 5. The maximum atomic E-state index is 13.1. The smallest absolute Gasteiger partial charge is 0.321 e. The number of likely N-dealkylation sites (tertiary alicyclic amines) is 1. The molecule has 4 amide bonds. The van der Waals surface area contributed by atoms with Gasteiger partial charge in [-0.3, -0.25) is 19.8 Å². The van der Waals surface area contributed by atoms with Crippen molar-refractivity contribution in [2.75, 3.05) is 13.1 Å². The second kappa shape index (κ2) is 11.5. The summed E-state index contributed by atoms with van der Waals surface area (Å²) in [4.78, 5) is 43.7. The van der Waals surface area contributed by atoms with Crippen LogP contribution in [0.5, 0.6) is 0 Å². The largest absolute Gasteiger partial charge is 0.370 e. The summed E-state index contributed by atoms with van der Waals surface area (Å²) in [5.41, 5.74) is 7.69. The lowest BCUT2D eigenvalue weighted by Gasteiger charge is -2.19. The highest BCUT2D eigenvalue weighted by Gasteiger charge is 2.58. The summed E-state index contributed by atoms with van der Waals surface area (Å²) in [5, 5.41) is 5.05. The van der Waals surface area contributed by atoms with E-state index in [2.05, 4.69) is 22.2 Å². The van der Waals surface area contributed by atoms with Gasteiger partial charge in [0.05, 0.1) is 30.6 Å². The number of nitrogens with zero attached hydrogens (tertiary/aromatic N) is 2. The van der Waals surface area contributed by atoms with E-state index in [1.165, 1.54) is 4.90 Å². The minimum absolute atomic E-state index is 0.0294. The maximum Gasteiger partial charge on any atom is 0.321 e. The van der Waals surface area contributed by atoms with Crippen molar-refractivity contribution < 1.29 is 19.1 Å². The Hall–Kier alpha value is -4.24. The first kappa shape index (κ1) is 24.9. The van der Waals surface area contributed by atoms with E-state index in [1.807, 2.05) is 72.8 Å². The summed E-state index contributed by atoms with van der Waals surface area (Å²) in [6.45, 7) is 4.21. The molecule has 0 radical (unpaired) electrons. The molecule has 2 aromatic carbocycles. The third kappa shape index (κ3) is 5.69. The number of aliphatic imine (C=N–C) groups is 1. The third-order valence-corrected chi connectivity index (χ3v) is 6.16. The summed E-state index contributed by atoms with van der Waals surface area (Å²) in [5.74, 6) is -1.93. The minimum atomic E-state index is -0.630. The fourth-order valence-corrected chi connectivity index (χ4v) is 4.42. The van der Waals surface area contributed by atoms with Crippen molar-refractivity contribution in [1.29, 1.82) is 0 Å². The average molecular weight is 488 g/mol. The number of hydrogen-bond donors (Lipinski definition) is 3. The van der Waals surface area contributed by atoms with E-state index in [0.717, 1.165) is 11.1 Å². The number of nitrogens with two attached hydrogens (primary N) is 1. The predicted octanol–water partition coefficient (Wildman–Crippen LogP) is 2.07. The van der Waals surface area contributed by atoms with Crippen LogP contribution in [0.4, 0.5) is 4.79 Å². The van der Waals surface area contributed by atoms with E-state index < -0.39 is 30.1 Å². The van der Waals surface area contributed by atoms with Gasteiger partial charge in [-0.05, 0) is 11.1 Å². The molecule has 2 heterocycles. The molecule has 2 aromatic rings. The molecule has 0 saturated carbocycles. The van der Waals surface area contributed by atoms with Gasteiger partial charge in [0.2, 0.25) is 11.8 Å². The van der Waals surface area contributed by atoms with Crippen LogP contribution in [0.2, 0.25) is 0 Å². The lowest BCUT2D eigenvalue weighted by atomic mass is 9.89. The van der Waals surface area contributed by atoms with Gasteiger partial charge >= 0.3 is 6.03 Å². The molecular weight excluding hydrogens is 458 g/mol. The van der Waals surface area contributed by atoms with Crippen molar-refractivity contribution in [1.82, 2.24) is 15.5 Å². The van der Waals surface area contributed by atoms with Crippen LogP contribution in [-0.2, 0) is 20.9 Å². The van der Waals surface area contributed by atoms with Gasteiger partial charge in [-0.15, -0.1) is 6.58 Å².